The minimum Gasteiger partial charge on any atom is -0.338 e. The summed E-state index contributed by atoms with van der Waals surface area (Å²) < 4.78 is 0.824. The summed E-state index contributed by atoms with van der Waals surface area (Å²) in [5.41, 5.74) is 6.57. The van der Waals surface area contributed by atoms with Crippen LogP contribution >= 0.6 is 40.7 Å². The highest BCUT2D eigenvalue weighted by atomic mass is 79.9. The second-order valence-electron chi connectivity index (χ2n) is 4.57. The standard InChI is InChI=1S/C12H16BrN3O.2ClH/c1-8-7-16(3-2-11(8)14)12(17)9-4-10(13)6-15-5-9;;/h4-6,8,11H,2-3,7,14H2,1H3;2*1H. The van der Waals surface area contributed by atoms with Gasteiger partial charge in [0.2, 0.25) is 0 Å². The van der Waals surface area contributed by atoms with Gasteiger partial charge in [-0.3, -0.25) is 9.78 Å². The molecule has 2 rings (SSSR count). The highest BCUT2D eigenvalue weighted by Gasteiger charge is 2.26. The van der Waals surface area contributed by atoms with Crippen molar-refractivity contribution in [3.8, 4) is 0 Å². The number of hydrogen-bond acceptors (Lipinski definition) is 3. The van der Waals surface area contributed by atoms with E-state index in [0.717, 1.165) is 24.0 Å². The lowest BCUT2D eigenvalue weighted by Crippen LogP contribution is -2.48. The summed E-state index contributed by atoms with van der Waals surface area (Å²) in [6.45, 7) is 3.55. The third kappa shape index (κ3) is 4.60. The number of carbonyl (C=O) groups is 1. The molecule has 1 aliphatic rings. The predicted molar refractivity (Wildman–Crippen MR) is 84.1 cm³/mol. The third-order valence-electron chi connectivity index (χ3n) is 3.21. The van der Waals surface area contributed by atoms with Gasteiger partial charge in [-0.1, -0.05) is 6.92 Å². The van der Waals surface area contributed by atoms with Crippen LogP contribution in [-0.2, 0) is 0 Å². The van der Waals surface area contributed by atoms with Gasteiger partial charge in [0, 0.05) is 36.0 Å². The number of carbonyl (C=O) groups excluding carboxylic acids is 1. The molecular weight excluding hydrogens is 353 g/mol. The molecule has 1 fully saturated rings. The van der Waals surface area contributed by atoms with E-state index in [1.807, 2.05) is 4.90 Å². The number of hydrogen-bond donors (Lipinski definition) is 1. The van der Waals surface area contributed by atoms with Crippen molar-refractivity contribution in [1.82, 2.24) is 9.88 Å². The Morgan fingerprint density at radius 1 is 1.47 bits per heavy atom. The Labute approximate surface area is 134 Å². The smallest absolute Gasteiger partial charge is 0.255 e. The molecule has 1 amide bonds. The maximum absolute atomic E-state index is 12.2. The van der Waals surface area contributed by atoms with E-state index in [4.69, 9.17) is 5.73 Å². The Morgan fingerprint density at radius 3 is 2.74 bits per heavy atom. The van der Waals surface area contributed by atoms with Gasteiger partial charge in [-0.2, -0.15) is 0 Å². The molecule has 2 heterocycles. The van der Waals surface area contributed by atoms with Gasteiger partial charge in [-0.15, -0.1) is 24.8 Å². The summed E-state index contributed by atoms with van der Waals surface area (Å²) >= 11 is 3.32. The molecule has 0 aromatic carbocycles. The first-order chi connectivity index (χ1) is 8.08. The topological polar surface area (TPSA) is 59.2 Å². The fourth-order valence-corrected chi connectivity index (χ4v) is 2.42. The van der Waals surface area contributed by atoms with Crippen LogP contribution in [0.25, 0.3) is 0 Å². The summed E-state index contributed by atoms with van der Waals surface area (Å²) in [7, 11) is 0. The van der Waals surface area contributed by atoms with E-state index >= 15 is 0 Å². The molecule has 19 heavy (non-hydrogen) atoms. The molecule has 108 valence electrons. The summed E-state index contributed by atoms with van der Waals surface area (Å²) in [6.07, 6.45) is 4.14. The molecule has 1 aromatic rings. The molecule has 1 aromatic heterocycles. The monoisotopic (exact) mass is 369 g/mol. The van der Waals surface area contributed by atoms with Gasteiger partial charge in [-0.25, -0.2) is 0 Å². The highest BCUT2D eigenvalue weighted by molar-refractivity contribution is 9.10. The molecule has 1 aliphatic heterocycles. The van der Waals surface area contributed by atoms with Gasteiger partial charge >= 0.3 is 0 Å². The normalized spacial score (nSPS) is 22.2. The Hall–Kier alpha value is -0.360. The van der Waals surface area contributed by atoms with Crippen LogP contribution in [-0.4, -0.2) is 34.9 Å². The van der Waals surface area contributed by atoms with Crippen LogP contribution in [0.5, 0.6) is 0 Å². The largest absolute Gasteiger partial charge is 0.338 e. The molecule has 7 heteroatoms. The molecule has 0 aliphatic carbocycles. The molecule has 0 saturated carbocycles. The van der Waals surface area contributed by atoms with Crippen LogP contribution < -0.4 is 5.73 Å². The van der Waals surface area contributed by atoms with Gasteiger partial charge in [0.1, 0.15) is 0 Å². The fraction of sp³-hybridized carbons (Fsp3) is 0.500. The molecule has 2 atom stereocenters. The second kappa shape index (κ2) is 8.04. The first-order valence-electron chi connectivity index (χ1n) is 5.73. The summed E-state index contributed by atoms with van der Waals surface area (Å²) in [4.78, 5) is 18.1. The highest BCUT2D eigenvalue weighted by Crippen LogP contribution is 2.18. The van der Waals surface area contributed by atoms with Crippen molar-refractivity contribution in [3.05, 3.63) is 28.5 Å². The molecular formula is C12H18BrCl2N3O. The number of nitrogens with zero attached hydrogens (tertiary/aromatic N) is 2. The van der Waals surface area contributed by atoms with Crippen molar-refractivity contribution in [2.45, 2.75) is 19.4 Å². The Bertz CT molecular complexity index is 433. The van der Waals surface area contributed by atoms with E-state index in [2.05, 4.69) is 27.8 Å². The number of nitrogens with two attached hydrogens (primary N) is 1. The van der Waals surface area contributed by atoms with Gasteiger partial charge < -0.3 is 10.6 Å². The van der Waals surface area contributed by atoms with E-state index in [1.165, 1.54) is 0 Å². The minimum atomic E-state index is 0. The predicted octanol–water partition coefficient (Wildman–Crippen LogP) is 2.50. The molecule has 4 nitrogen and oxygen atoms in total. The summed E-state index contributed by atoms with van der Waals surface area (Å²) in [5.74, 6) is 0.394. The van der Waals surface area contributed by atoms with Crippen LogP contribution in [0.1, 0.15) is 23.7 Å². The molecule has 0 radical (unpaired) electrons. The van der Waals surface area contributed by atoms with E-state index in [-0.39, 0.29) is 36.8 Å². The lowest BCUT2D eigenvalue weighted by Gasteiger charge is -2.35. The van der Waals surface area contributed by atoms with Crippen LogP contribution in [0.3, 0.4) is 0 Å². The van der Waals surface area contributed by atoms with Crippen molar-refractivity contribution in [2.24, 2.45) is 11.7 Å². The van der Waals surface area contributed by atoms with E-state index < -0.39 is 0 Å². The lowest BCUT2D eigenvalue weighted by atomic mass is 9.94. The van der Waals surface area contributed by atoms with Crippen molar-refractivity contribution in [3.63, 3.8) is 0 Å². The van der Waals surface area contributed by atoms with Crippen molar-refractivity contribution in [2.75, 3.05) is 13.1 Å². The number of amides is 1. The number of rotatable bonds is 1. The van der Waals surface area contributed by atoms with Gasteiger partial charge in [-0.05, 0) is 34.3 Å². The number of halogens is 3. The quantitative estimate of drug-likeness (QED) is 0.826. The first-order valence-corrected chi connectivity index (χ1v) is 6.52. The molecule has 0 bridgehead atoms. The first kappa shape index (κ1) is 18.6. The van der Waals surface area contributed by atoms with E-state index in [1.54, 1.807) is 18.5 Å². The van der Waals surface area contributed by atoms with Gasteiger partial charge in [0.05, 0.1) is 5.56 Å². The molecule has 2 unspecified atom stereocenters. The Morgan fingerprint density at radius 2 is 2.16 bits per heavy atom. The van der Waals surface area contributed by atoms with E-state index in [9.17, 15) is 4.79 Å². The van der Waals surface area contributed by atoms with Crippen molar-refractivity contribution >= 4 is 46.7 Å². The second-order valence-corrected chi connectivity index (χ2v) is 5.49. The van der Waals surface area contributed by atoms with Crippen molar-refractivity contribution in [1.29, 1.82) is 0 Å². The zero-order valence-corrected chi connectivity index (χ0v) is 13.8. The summed E-state index contributed by atoms with van der Waals surface area (Å²) in [5, 5.41) is 0. The van der Waals surface area contributed by atoms with E-state index in [0.29, 0.717) is 11.5 Å². The fourth-order valence-electron chi connectivity index (χ4n) is 2.06. The zero-order valence-electron chi connectivity index (χ0n) is 10.6. The number of likely N-dealkylation sites (tertiary alicyclic amines) is 1. The van der Waals surface area contributed by atoms with Crippen LogP contribution in [0.4, 0.5) is 0 Å². The zero-order chi connectivity index (χ0) is 12.4. The third-order valence-corrected chi connectivity index (χ3v) is 3.64. The number of aromatic nitrogens is 1. The van der Waals surface area contributed by atoms with Crippen LogP contribution in [0.15, 0.2) is 22.9 Å². The molecule has 0 spiro atoms. The average molecular weight is 371 g/mol. The molecule has 2 N–H and O–H groups in total. The van der Waals surface area contributed by atoms with Crippen LogP contribution in [0.2, 0.25) is 0 Å². The summed E-state index contributed by atoms with van der Waals surface area (Å²) in [6, 6.07) is 2.01. The van der Waals surface area contributed by atoms with Crippen molar-refractivity contribution < 1.29 is 4.79 Å². The lowest BCUT2D eigenvalue weighted by molar-refractivity contribution is 0.0663. The van der Waals surface area contributed by atoms with Crippen LogP contribution in [0, 0.1) is 5.92 Å². The Balaban J connectivity index is 0.00000162. The Kier molecular flexibility index (Phi) is 7.89. The number of piperidine rings is 1. The maximum Gasteiger partial charge on any atom is 0.255 e. The van der Waals surface area contributed by atoms with Gasteiger partial charge in [0.25, 0.3) is 5.91 Å². The molecule has 1 saturated heterocycles. The minimum absolute atomic E-state index is 0. The number of pyridine rings is 1. The van der Waals surface area contributed by atoms with Gasteiger partial charge in [0.15, 0.2) is 0 Å². The SMILES string of the molecule is CC1CN(C(=O)c2cncc(Br)c2)CCC1N.Cl.Cl. The maximum atomic E-state index is 12.2. The average Bonchev–Trinajstić information content (AvgIpc) is 2.32.